The minimum Gasteiger partial charge on any atom is -0.490 e. The number of benzene rings is 2. The maximum absolute atomic E-state index is 13.1. The van der Waals surface area contributed by atoms with E-state index in [2.05, 4.69) is 0 Å². The smallest absolute Gasteiger partial charge is 0.416 e. The number of barbiturate groups is 1. The second kappa shape index (κ2) is 9.77. The minimum atomic E-state index is -4.70. The van der Waals surface area contributed by atoms with Crippen molar-refractivity contribution in [1.29, 1.82) is 0 Å². The van der Waals surface area contributed by atoms with E-state index in [1.165, 1.54) is 18.2 Å². The number of nitrogens with zero attached hydrogens (tertiary/aromatic N) is 1. The molecule has 178 valence electrons. The lowest BCUT2D eigenvalue weighted by Gasteiger charge is -2.27. The summed E-state index contributed by atoms with van der Waals surface area (Å²) in [6, 6.07) is 6.71. The second-order valence-electron chi connectivity index (χ2n) is 6.97. The number of anilines is 1. The van der Waals surface area contributed by atoms with Crippen molar-refractivity contribution in [3.63, 3.8) is 0 Å². The Balaban J connectivity index is 1.99. The van der Waals surface area contributed by atoms with Crippen LogP contribution in [0.2, 0.25) is 0 Å². The summed E-state index contributed by atoms with van der Waals surface area (Å²) in [6.07, 6.45) is -3.41. The van der Waals surface area contributed by atoms with Crippen LogP contribution in [0.3, 0.4) is 0 Å². The number of hydrogen-bond acceptors (Lipinski definition) is 6. The molecule has 2 aromatic rings. The first kappa shape index (κ1) is 24.5. The van der Waals surface area contributed by atoms with Gasteiger partial charge in [0.25, 0.3) is 11.8 Å². The number of ether oxygens (including phenoxy) is 2. The number of alkyl halides is 3. The number of hydrogen-bond donors (Lipinski definition) is 1. The lowest BCUT2D eigenvalue weighted by atomic mass is 10.1. The predicted octanol–water partition coefficient (Wildman–Crippen LogP) is 4.09. The quantitative estimate of drug-likeness (QED) is 0.292. The first-order valence-corrected chi connectivity index (χ1v) is 10.1. The van der Waals surface area contributed by atoms with Crippen LogP contribution < -0.4 is 19.7 Å². The zero-order valence-electron chi connectivity index (χ0n) is 18.1. The van der Waals surface area contributed by atoms with E-state index >= 15 is 0 Å². The van der Waals surface area contributed by atoms with E-state index in [1.54, 1.807) is 13.8 Å². The number of halogens is 3. The SMILES string of the molecule is CCOc1cc(C=C2C(=O)NC(=O)N(c3cccc(C(F)(F)F)c3)C2=O)ccc1OC(=O)CC. The molecule has 34 heavy (non-hydrogen) atoms. The number of nitrogens with one attached hydrogen (secondary N) is 1. The molecule has 0 spiro atoms. The van der Waals surface area contributed by atoms with Gasteiger partial charge in [0.05, 0.1) is 17.9 Å². The Morgan fingerprint density at radius 2 is 1.79 bits per heavy atom. The molecule has 8 nitrogen and oxygen atoms in total. The normalized spacial score (nSPS) is 15.4. The van der Waals surface area contributed by atoms with Gasteiger partial charge >= 0.3 is 18.2 Å². The zero-order valence-corrected chi connectivity index (χ0v) is 18.1. The highest BCUT2D eigenvalue weighted by atomic mass is 19.4. The summed E-state index contributed by atoms with van der Waals surface area (Å²) >= 11 is 0. The summed E-state index contributed by atoms with van der Waals surface area (Å²) < 4.78 is 49.9. The number of urea groups is 1. The van der Waals surface area contributed by atoms with Crippen LogP contribution in [0, 0.1) is 0 Å². The largest absolute Gasteiger partial charge is 0.490 e. The van der Waals surface area contributed by atoms with Crippen molar-refractivity contribution < 1.29 is 41.8 Å². The van der Waals surface area contributed by atoms with Gasteiger partial charge in [0.1, 0.15) is 5.57 Å². The molecule has 2 aromatic carbocycles. The minimum absolute atomic E-state index is 0.130. The molecule has 0 bridgehead atoms. The Morgan fingerprint density at radius 3 is 2.44 bits per heavy atom. The van der Waals surface area contributed by atoms with Crippen molar-refractivity contribution in [2.75, 3.05) is 11.5 Å². The molecule has 4 amide bonds. The molecule has 0 aliphatic carbocycles. The standard InChI is InChI=1S/C23H19F3N2O6/c1-3-19(29)34-17-9-8-13(11-18(17)33-4-2)10-16-20(30)27-22(32)28(21(16)31)15-7-5-6-14(12-15)23(24,25)26/h5-12H,3-4H2,1-2H3,(H,27,30,32). The van der Waals surface area contributed by atoms with E-state index in [4.69, 9.17) is 9.47 Å². The molecule has 1 heterocycles. The second-order valence-corrected chi connectivity index (χ2v) is 6.97. The zero-order chi connectivity index (χ0) is 25.0. The highest BCUT2D eigenvalue weighted by Crippen LogP contribution is 2.33. The Morgan fingerprint density at radius 1 is 1.06 bits per heavy atom. The van der Waals surface area contributed by atoms with Gasteiger partial charge in [-0.25, -0.2) is 9.69 Å². The summed E-state index contributed by atoms with van der Waals surface area (Å²) in [4.78, 5) is 49.7. The van der Waals surface area contributed by atoms with Gasteiger partial charge in [-0.1, -0.05) is 19.1 Å². The Bertz CT molecular complexity index is 1190. The number of carbonyl (C=O) groups excluding carboxylic acids is 4. The van der Waals surface area contributed by atoms with Gasteiger partial charge in [-0.3, -0.25) is 19.7 Å². The highest BCUT2D eigenvalue weighted by Gasteiger charge is 2.38. The summed E-state index contributed by atoms with van der Waals surface area (Å²) in [6.45, 7) is 3.55. The summed E-state index contributed by atoms with van der Waals surface area (Å²) in [5, 5.41) is 1.95. The fourth-order valence-corrected chi connectivity index (χ4v) is 3.04. The lowest BCUT2D eigenvalue weighted by molar-refractivity contribution is -0.137. The van der Waals surface area contributed by atoms with E-state index < -0.39 is 41.1 Å². The molecule has 1 aliphatic heterocycles. The topological polar surface area (TPSA) is 102 Å². The van der Waals surface area contributed by atoms with E-state index in [0.717, 1.165) is 24.3 Å². The van der Waals surface area contributed by atoms with Crippen LogP contribution in [0.15, 0.2) is 48.0 Å². The first-order valence-electron chi connectivity index (χ1n) is 10.1. The molecule has 0 radical (unpaired) electrons. The first-order chi connectivity index (χ1) is 16.0. The van der Waals surface area contributed by atoms with Crippen molar-refractivity contribution in [3.8, 4) is 11.5 Å². The number of amides is 4. The monoisotopic (exact) mass is 476 g/mol. The van der Waals surface area contributed by atoms with E-state index in [1.807, 2.05) is 5.32 Å². The van der Waals surface area contributed by atoms with Crippen molar-refractivity contribution in [2.45, 2.75) is 26.4 Å². The van der Waals surface area contributed by atoms with Gasteiger partial charge < -0.3 is 9.47 Å². The Kier molecular flexibility index (Phi) is 7.04. The average molecular weight is 476 g/mol. The van der Waals surface area contributed by atoms with Gasteiger partial charge in [-0.15, -0.1) is 0 Å². The molecule has 0 saturated carbocycles. The summed E-state index contributed by atoms with van der Waals surface area (Å²) in [5.74, 6) is -2.31. The lowest BCUT2D eigenvalue weighted by Crippen LogP contribution is -2.54. The van der Waals surface area contributed by atoms with Gasteiger partial charge in [-0.2, -0.15) is 13.2 Å². The van der Waals surface area contributed by atoms with Crippen molar-refractivity contribution in [1.82, 2.24) is 5.32 Å². The number of carbonyl (C=O) groups is 4. The number of rotatable bonds is 6. The fraction of sp³-hybridized carbons (Fsp3) is 0.217. The van der Waals surface area contributed by atoms with E-state index in [-0.39, 0.29) is 35.8 Å². The molecule has 0 atom stereocenters. The van der Waals surface area contributed by atoms with E-state index in [9.17, 15) is 32.3 Å². The predicted molar refractivity (Wildman–Crippen MR) is 114 cm³/mol. The van der Waals surface area contributed by atoms with Crippen LogP contribution in [0.25, 0.3) is 6.08 Å². The van der Waals surface area contributed by atoms with Crippen LogP contribution in [-0.2, 0) is 20.6 Å². The van der Waals surface area contributed by atoms with Crippen LogP contribution in [0.4, 0.5) is 23.7 Å². The van der Waals surface area contributed by atoms with Crippen molar-refractivity contribution in [3.05, 3.63) is 59.2 Å². The van der Waals surface area contributed by atoms with Crippen molar-refractivity contribution >= 4 is 35.6 Å². The molecule has 1 saturated heterocycles. The summed E-state index contributed by atoms with van der Waals surface area (Å²) in [5.41, 5.74) is -1.62. The number of imide groups is 2. The molecule has 0 unspecified atom stereocenters. The van der Waals surface area contributed by atoms with Crippen LogP contribution in [0.5, 0.6) is 11.5 Å². The summed E-state index contributed by atoms with van der Waals surface area (Å²) in [7, 11) is 0. The van der Waals surface area contributed by atoms with Gasteiger partial charge in [0, 0.05) is 6.42 Å². The average Bonchev–Trinajstić information content (AvgIpc) is 2.78. The molecule has 1 aliphatic rings. The molecule has 0 aromatic heterocycles. The molecular weight excluding hydrogens is 457 g/mol. The van der Waals surface area contributed by atoms with Gasteiger partial charge in [0.2, 0.25) is 0 Å². The maximum Gasteiger partial charge on any atom is 0.416 e. The van der Waals surface area contributed by atoms with Gasteiger partial charge in [-0.05, 0) is 48.9 Å². The Labute approximate surface area is 191 Å². The van der Waals surface area contributed by atoms with Crippen LogP contribution in [-0.4, -0.2) is 30.4 Å². The third kappa shape index (κ3) is 5.25. The maximum atomic E-state index is 13.1. The highest BCUT2D eigenvalue weighted by molar-refractivity contribution is 6.39. The number of esters is 1. The molecule has 11 heteroatoms. The van der Waals surface area contributed by atoms with Crippen LogP contribution in [0.1, 0.15) is 31.4 Å². The fourth-order valence-electron chi connectivity index (χ4n) is 3.04. The molecule has 1 N–H and O–H groups in total. The van der Waals surface area contributed by atoms with Crippen molar-refractivity contribution in [2.24, 2.45) is 0 Å². The third-order valence-corrected chi connectivity index (χ3v) is 4.62. The third-order valence-electron chi connectivity index (χ3n) is 4.62. The van der Waals surface area contributed by atoms with Crippen LogP contribution >= 0.6 is 0 Å². The molecular formula is C23H19F3N2O6. The van der Waals surface area contributed by atoms with E-state index in [0.29, 0.717) is 11.0 Å². The Hall–Kier alpha value is -4.15. The molecule has 1 fully saturated rings. The van der Waals surface area contributed by atoms with Gasteiger partial charge in [0.15, 0.2) is 11.5 Å². The molecule has 3 rings (SSSR count).